The molecule has 110 valence electrons. The van der Waals surface area contributed by atoms with Gasteiger partial charge in [-0.2, -0.15) is 0 Å². The van der Waals surface area contributed by atoms with Crippen molar-refractivity contribution in [3.63, 3.8) is 0 Å². The van der Waals surface area contributed by atoms with Gasteiger partial charge in [-0.3, -0.25) is 4.79 Å². The van der Waals surface area contributed by atoms with Gasteiger partial charge in [-0.05, 0) is 47.7 Å². The molecule has 0 aromatic heterocycles. The van der Waals surface area contributed by atoms with Crippen LogP contribution in [-0.4, -0.2) is 28.7 Å². The van der Waals surface area contributed by atoms with Gasteiger partial charge >= 0.3 is 0 Å². The average molecular weight is 283 g/mol. The highest BCUT2D eigenvalue weighted by atomic mass is 16.3. The second-order valence-corrected chi connectivity index (χ2v) is 5.93. The molecule has 1 aliphatic heterocycles. The Morgan fingerprint density at radius 2 is 2.00 bits per heavy atom. The van der Waals surface area contributed by atoms with Crippen molar-refractivity contribution in [3.05, 3.63) is 47.0 Å². The molecule has 0 unspecified atom stereocenters. The third-order valence-corrected chi connectivity index (χ3v) is 4.50. The minimum absolute atomic E-state index is 0.0646. The van der Waals surface area contributed by atoms with Crippen LogP contribution < -0.4 is 0 Å². The van der Waals surface area contributed by atoms with Gasteiger partial charge in [-0.1, -0.05) is 30.3 Å². The highest BCUT2D eigenvalue weighted by molar-refractivity contribution is 5.87. The first-order chi connectivity index (χ1) is 10.1. The molecule has 1 saturated heterocycles. The Morgan fingerprint density at radius 1 is 1.24 bits per heavy atom. The zero-order chi connectivity index (χ0) is 15.0. The van der Waals surface area contributed by atoms with E-state index in [2.05, 4.69) is 44.2 Å². The standard InChI is InChI=1S/C18H21NO2/c1-12-10-15-5-3-4-14(16(15)11-13(12)2)8-9-19-17(20)6-7-18(19)21/h3-5,10-11,17,20H,6-9H2,1-2H3/t17-/m1/s1. The molecule has 0 saturated carbocycles. The maximum Gasteiger partial charge on any atom is 0.224 e. The van der Waals surface area contributed by atoms with E-state index >= 15 is 0 Å². The molecule has 0 aliphatic carbocycles. The van der Waals surface area contributed by atoms with Gasteiger partial charge in [0.05, 0.1) is 0 Å². The van der Waals surface area contributed by atoms with E-state index in [1.54, 1.807) is 4.90 Å². The number of carbonyl (C=O) groups excluding carboxylic acids is 1. The van der Waals surface area contributed by atoms with Gasteiger partial charge < -0.3 is 10.0 Å². The van der Waals surface area contributed by atoms with Crippen LogP contribution in [0.25, 0.3) is 10.8 Å². The molecule has 3 heteroatoms. The number of amides is 1. The van der Waals surface area contributed by atoms with Crippen LogP contribution in [-0.2, 0) is 11.2 Å². The summed E-state index contributed by atoms with van der Waals surface area (Å²) in [5.41, 5.74) is 3.82. The summed E-state index contributed by atoms with van der Waals surface area (Å²) >= 11 is 0. The van der Waals surface area contributed by atoms with Gasteiger partial charge in [0.1, 0.15) is 6.23 Å². The minimum Gasteiger partial charge on any atom is -0.374 e. The van der Waals surface area contributed by atoms with E-state index in [4.69, 9.17) is 0 Å². The SMILES string of the molecule is Cc1cc2cccc(CCN3C(=O)CC[C@H]3O)c2cc1C. The fourth-order valence-corrected chi connectivity index (χ4v) is 3.06. The Hall–Kier alpha value is -1.87. The zero-order valence-electron chi connectivity index (χ0n) is 12.6. The van der Waals surface area contributed by atoms with E-state index in [0.717, 1.165) is 6.42 Å². The number of aliphatic hydroxyl groups is 1. The highest BCUT2D eigenvalue weighted by Gasteiger charge is 2.28. The monoisotopic (exact) mass is 283 g/mol. The molecular formula is C18H21NO2. The van der Waals surface area contributed by atoms with Crippen LogP contribution in [0.1, 0.15) is 29.5 Å². The summed E-state index contributed by atoms with van der Waals surface area (Å²) in [6, 6.07) is 10.7. The number of hydrogen-bond donors (Lipinski definition) is 1. The fraction of sp³-hybridized carbons (Fsp3) is 0.389. The fourth-order valence-electron chi connectivity index (χ4n) is 3.06. The maximum absolute atomic E-state index is 11.7. The molecule has 3 rings (SSSR count). The van der Waals surface area contributed by atoms with Crippen LogP contribution in [0.5, 0.6) is 0 Å². The van der Waals surface area contributed by atoms with Crippen molar-refractivity contribution in [1.82, 2.24) is 4.90 Å². The number of nitrogens with zero attached hydrogens (tertiary/aromatic N) is 1. The molecule has 0 spiro atoms. The number of aliphatic hydroxyl groups excluding tert-OH is 1. The normalized spacial score (nSPS) is 18.7. The van der Waals surface area contributed by atoms with Gasteiger partial charge in [-0.25, -0.2) is 0 Å². The van der Waals surface area contributed by atoms with Crippen molar-refractivity contribution < 1.29 is 9.90 Å². The number of likely N-dealkylation sites (tertiary alicyclic amines) is 1. The molecule has 1 heterocycles. The zero-order valence-corrected chi connectivity index (χ0v) is 12.6. The number of carbonyl (C=O) groups is 1. The highest BCUT2D eigenvalue weighted by Crippen LogP contribution is 2.24. The largest absolute Gasteiger partial charge is 0.374 e. The first kappa shape index (κ1) is 14.1. The molecule has 0 bridgehead atoms. The summed E-state index contributed by atoms with van der Waals surface area (Å²) in [6.45, 7) is 4.84. The summed E-state index contributed by atoms with van der Waals surface area (Å²) in [5, 5.41) is 12.3. The molecule has 1 fully saturated rings. The molecule has 1 aliphatic rings. The second-order valence-electron chi connectivity index (χ2n) is 5.93. The van der Waals surface area contributed by atoms with Gasteiger partial charge in [0, 0.05) is 19.4 Å². The molecule has 2 aromatic carbocycles. The Labute approximate surface area is 125 Å². The van der Waals surface area contributed by atoms with E-state index < -0.39 is 6.23 Å². The second kappa shape index (κ2) is 5.49. The van der Waals surface area contributed by atoms with Gasteiger partial charge in [0.15, 0.2) is 0 Å². The Morgan fingerprint density at radius 3 is 2.71 bits per heavy atom. The van der Waals surface area contributed by atoms with Crippen LogP contribution in [0, 0.1) is 13.8 Å². The third-order valence-electron chi connectivity index (χ3n) is 4.50. The van der Waals surface area contributed by atoms with E-state index in [1.807, 2.05) is 0 Å². The number of rotatable bonds is 3. The predicted molar refractivity (Wildman–Crippen MR) is 84.1 cm³/mol. The van der Waals surface area contributed by atoms with Gasteiger partial charge in [0.25, 0.3) is 0 Å². The van der Waals surface area contributed by atoms with Crippen LogP contribution in [0.2, 0.25) is 0 Å². The summed E-state index contributed by atoms with van der Waals surface area (Å²) in [7, 11) is 0. The Bertz CT molecular complexity index is 693. The van der Waals surface area contributed by atoms with Crippen LogP contribution in [0.15, 0.2) is 30.3 Å². The smallest absolute Gasteiger partial charge is 0.224 e. The molecule has 3 nitrogen and oxygen atoms in total. The molecule has 0 radical (unpaired) electrons. The van der Waals surface area contributed by atoms with Crippen molar-refractivity contribution in [1.29, 1.82) is 0 Å². The van der Waals surface area contributed by atoms with E-state index in [-0.39, 0.29) is 5.91 Å². The van der Waals surface area contributed by atoms with Crippen LogP contribution in [0.3, 0.4) is 0 Å². The molecule has 1 atom stereocenters. The molecular weight excluding hydrogens is 262 g/mol. The third kappa shape index (κ3) is 2.66. The first-order valence-electron chi connectivity index (χ1n) is 7.52. The lowest BCUT2D eigenvalue weighted by Gasteiger charge is -2.20. The lowest BCUT2D eigenvalue weighted by atomic mass is 9.97. The Balaban J connectivity index is 1.87. The number of fused-ring (bicyclic) bond motifs is 1. The van der Waals surface area contributed by atoms with E-state index in [1.165, 1.54) is 27.5 Å². The van der Waals surface area contributed by atoms with Crippen molar-refractivity contribution in [3.8, 4) is 0 Å². The van der Waals surface area contributed by atoms with Gasteiger partial charge in [0.2, 0.25) is 5.91 Å². The summed E-state index contributed by atoms with van der Waals surface area (Å²) in [5.74, 6) is 0.0646. The number of benzene rings is 2. The minimum atomic E-state index is -0.601. The summed E-state index contributed by atoms with van der Waals surface area (Å²) < 4.78 is 0. The summed E-state index contributed by atoms with van der Waals surface area (Å²) in [6.07, 6.45) is 1.21. The topological polar surface area (TPSA) is 40.5 Å². The van der Waals surface area contributed by atoms with Crippen LogP contribution in [0.4, 0.5) is 0 Å². The quantitative estimate of drug-likeness (QED) is 0.941. The van der Waals surface area contributed by atoms with Crippen molar-refractivity contribution in [2.45, 2.75) is 39.3 Å². The number of aryl methyl sites for hydroxylation is 2. The maximum atomic E-state index is 11.7. The summed E-state index contributed by atoms with van der Waals surface area (Å²) in [4.78, 5) is 13.3. The van der Waals surface area contributed by atoms with E-state index in [9.17, 15) is 9.90 Å². The van der Waals surface area contributed by atoms with Gasteiger partial charge in [-0.15, -0.1) is 0 Å². The predicted octanol–water partition coefficient (Wildman–Crippen LogP) is 2.94. The van der Waals surface area contributed by atoms with Crippen molar-refractivity contribution >= 4 is 16.7 Å². The van der Waals surface area contributed by atoms with Crippen molar-refractivity contribution in [2.75, 3.05) is 6.54 Å². The number of hydrogen-bond acceptors (Lipinski definition) is 2. The first-order valence-corrected chi connectivity index (χ1v) is 7.52. The molecule has 21 heavy (non-hydrogen) atoms. The molecule has 1 N–H and O–H groups in total. The Kier molecular flexibility index (Phi) is 3.68. The van der Waals surface area contributed by atoms with Crippen molar-refractivity contribution in [2.24, 2.45) is 0 Å². The molecule has 2 aromatic rings. The average Bonchev–Trinajstić information content (AvgIpc) is 2.77. The molecule has 1 amide bonds. The lowest BCUT2D eigenvalue weighted by molar-refractivity contribution is -0.133. The van der Waals surface area contributed by atoms with E-state index in [0.29, 0.717) is 19.4 Å². The van der Waals surface area contributed by atoms with Crippen LogP contribution >= 0.6 is 0 Å². The lowest BCUT2D eigenvalue weighted by Crippen LogP contribution is -2.34.